The van der Waals surface area contributed by atoms with E-state index in [9.17, 15) is 9.59 Å². The Kier molecular flexibility index (Phi) is 4.32. The van der Waals surface area contributed by atoms with Crippen LogP contribution in [-0.2, 0) is 0 Å². The van der Waals surface area contributed by atoms with Crippen molar-refractivity contribution in [2.45, 2.75) is 6.92 Å². The Morgan fingerprint density at radius 3 is 2.38 bits per heavy atom. The molecule has 16 heavy (non-hydrogen) atoms. The molecule has 0 bridgehead atoms. The van der Waals surface area contributed by atoms with Crippen molar-refractivity contribution < 1.29 is 14.3 Å². The molecule has 0 fully saturated rings. The van der Waals surface area contributed by atoms with E-state index < -0.39 is 11.9 Å². The van der Waals surface area contributed by atoms with Crippen LogP contribution in [0.2, 0.25) is 0 Å². The Labute approximate surface area is 93.8 Å². The normalized spacial score (nSPS) is 9.38. The number of ether oxygens (including phenoxy) is 1. The van der Waals surface area contributed by atoms with Gasteiger partial charge in [-0.1, -0.05) is 0 Å². The standard InChI is InChI=1S/C11H14N2O3/c1-3-12-11(15)13-10(14)8-4-6-9(16-2)7-5-8/h4-7H,3H2,1-2H3,(H2,12,13,14,15). The highest BCUT2D eigenvalue weighted by Gasteiger charge is 2.08. The fourth-order valence-corrected chi connectivity index (χ4v) is 1.12. The molecule has 0 aliphatic rings. The van der Waals surface area contributed by atoms with Crippen LogP contribution in [0.4, 0.5) is 4.79 Å². The molecular weight excluding hydrogens is 208 g/mol. The molecule has 2 N–H and O–H groups in total. The first kappa shape index (κ1) is 12.0. The number of amides is 3. The number of hydrogen-bond donors (Lipinski definition) is 2. The number of imide groups is 1. The van der Waals surface area contributed by atoms with Gasteiger partial charge in [0, 0.05) is 12.1 Å². The molecule has 0 heterocycles. The average molecular weight is 222 g/mol. The van der Waals surface area contributed by atoms with Crippen molar-refractivity contribution in [3.8, 4) is 5.75 Å². The lowest BCUT2D eigenvalue weighted by Gasteiger charge is -2.05. The van der Waals surface area contributed by atoms with Crippen LogP contribution >= 0.6 is 0 Å². The van der Waals surface area contributed by atoms with E-state index in [2.05, 4.69) is 10.6 Å². The minimum atomic E-state index is -0.497. The molecule has 1 aromatic carbocycles. The van der Waals surface area contributed by atoms with Gasteiger partial charge >= 0.3 is 6.03 Å². The zero-order chi connectivity index (χ0) is 12.0. The summed E-state index contributed by atoms with van der Waals surface area (Å²) >= 11 is 0. The molecule has 0 saturated heterocycles. The summed E-state index contributed by atoms with van der Waals surface area (Å²) in [5.41, 5.74) is 0.409. The fraction of sp³-hybridized carbons (Fsp3) is 0.273. The van der Waals surface area contributed by atoms with Crippen molar-refractivity contribution in [3.05, 3.63) is 29.8 Å². The van der Waals surface area contributed by atoms with Crippen molar-refractivity contribution in [2.24, 2.45) is 0 Å². The van der Waals surface area contributed by atoms with E-state index in [1.54, 1.807) is 38.3 Å². The first-order chi connectivity index (χ1) is 7.67. The highest BCUT2D eigenvalue weighted by molar-refractivity contribution is 6.04. The Morgan fingerprint density at radius 2 is 1.88 bits per heavy atom. The quantitative estimate of drug-likeness (QED) is 0.806. The zero-order valence-corrected chi connectivity index (χ0v) is 9.24. The molecule has 5 nitrogen and oxygen atoms in total. The molecule has 1 aromatic rings. The highest BCUT2D eigenvalue weighted by atomic mass is 16.5. The van der Waals surface area contributed by atoms with E-state index in [0.29, 0.717) is 17.9 Å². The van der Waals surface area contributed by atoms with Gasteiger partial charge in [0.1, 0.15) is 5.75 Å². The van der Waals surface area contributed by atoms with Crippen molar-refractivity contribution in [1.82, 2.24) is 10.6 Å². The summed E-state index contributed by atoms with van der Waals surface area (Å²) in [7, 11) is 1.55. The third-order valence-electron chi connectivity index (χ3n) is 1.92. The maximum Gasteiger partial charge on any atom is 0.321 e. The minimum Gasteiger partial charge on any atom is -0.497 e. The molecule has 0 saturated carbocycles. The summed E-state index contributed by atoms with van der Waals surface area (Å²) in [4.78, 5) is 22.6. The number of urea groups is 1. The monoisotopic (exact) mass is 222 g/mol. The second kappa shape index (κ2) is 5.75. The van der Waals surface area contributed by atoms with Crippen LogP contribution < -0.4 is 15.4 Å². The Morgan fingerprint density at radius 1 is 1.25 bits per heavy atom. The Hall–Kier alpha value is -2.04. The number of nitrogens with one attached hydrogen (secondary N) is 2. The van der Waals surface area contributed by atoms with Crippen molar-refractivity contribution in [2.75, 3.05) is 13.7 Å². The lowest BCUT2D eigenvalue weighted by atomic mass is 10.2. The maximum atomic E-state index is 11.5. The van der Waals surface area contributed by atoms with Gasteiger partial charge in [-0.2, -0.15) is 0 Å². The largest absolute Gasteiger partial charge is 0.497 e. The van der Waals surface area contributed by atoms with Crippen molar-refractivity contribution in [3.63, 3.8) is 0 Å². The molecule has 1 rings (SSSR count). The lowest BCUT2D eigenvalue weighted by molar-refractivity contribution is 0.0964. The fourth-order valence-electron chi connectivity index (χ4n) is 1.12. The first-order valence-corrected chi connectivity index (χ1v) is 4.90. The van der Waals surface area contributed by atoms with Gasteiger partial charge in [0.05, 0.1) is 7.11 Å². The van der Waals surface area contributed by atoms with Gasteiger partial charge in [0.25, 0.3) is 5.91 Å². The number of carbonyl (C=O) groups excluding carboxylic acids is 2. The van der Waals surface area contributed by atoms with Gasteiger partial charge in [-0.25, -0.2) is 4.79 Å². The van der Waals surface area contributed by atoms with E-state index >= 15 is 0 Å². The molecule has 0 atom stereocenters. The van der Waals surface area contributed by atoms with Gasteiger partial charge < -0.3 is 10.1 Å². The van der Waals surface area contributed by atoms with E-state index in [-0.39, 0.29) is 0 Å². The van der Waals surface area contributed by atoms with Gasteiger partial charge in [0.2, 0.25) is 0 Å². The van der Waals surface area contributed by atoms with Gasteiger partial charge in [-0.3, -0.25) is 10.1 Å². The van der Waals surface area contributed by atoms with E-state index in [4.69, 9.17) is 4.74 Å². The minimum absolute atomic E-state index is 0.409. The predicted octanol–water partition coefficient (Wildman–Crippen LogP) is 1.15. The van der Waals surface area contributed by atoms with E-state index in [1.807, 2.05) is 0 Å². The van der Waals surface area contributed by atoms with Crippen LogP contribution in [0.1, 0.15) is 17.3 Å². The SMILES string of the molecule is CCNC(=O)NC(=O)c1ccc(OC)cc1. The van der Waals surface area contributed by atoms with E-state index in [1.165, 1.54) is 0 Å². The molecule has 3 amide bonds. The smallest absolute Gasteiger partial charge is 0.321 e. The molecule has 0 aliphatic carbocycles. The molecule has 5 heteroatoms. The summed E-state index contributed by atoms with van der Waals surface area (Å²) in [6.45, 7) is 2.25. The zero-order valence-electron chi connectivity index (χ0n) is 9.24. The lowest BCUT2D eigenvalue weighted by Crippen LogP contribution is -2.39. The number of hydrogen-bond acceptors (Lipinski definition) is 3. The van der Waals surface area contributed by atoms with Crippen LogP contribution in [-0.4, -0.2) is 25.6 Å². The molecular formula is C11H14N2O3. The second-order valence-corrected chi connectivity index (χ2v) is 3.04. The topological polar surface area (TPSA) is 67.4 Å². The van der Waals surface area contributed by atoms with Crippen LogP contribution in [0.25, 0.3) is 0 Å². The van der Waals surface area contributed by atoms with Crippen LogP contribution in [0.15, 0.2) is 24.3 Å². The number of methoxy groups -OCH3 is 1. The van der Waals surface area contributed by atoms with Crippen molar-refractivity contribution in [1.29, 1.82) is 0 Å². The second-order valence-electron chi connectivity index (χ2n) is 3.04. The van der Waals surface area contributed by atoms with Crippen LogP contribution in [0.5, 0.6) is 5.75 Å². The molecule has 0 aromatic heterocycles. The Bertz CT molecular complexity index is 373. The number of rotatable bonds is 3. The molecule has 0 spiro atoms. The average Bonchev–Trinajstić information content (AvgIpc) is 2.29. The van der Waals surface area contributed by atoms with Crippen LogP contribution in [0, 0.1) is 0 Å². The van der Waals surface area contributed by atoms with Crippen molar-refractivity contribution >= 4 is 11.9 Å². The summed E-state index contributed by atoms with van der Waals surface area (Å²) < 4.78 is 4.96. The molecule has 0 radical (unpaired) electrons. The van der Waals surface area contributed by atoms with Gasteiger partial charge in [-0.05, 0) is 31.2 Å². The molecule has 0 aliphatic heterocycles. The summed E-state index contributed by atoms with van der Waals surface area (Å²) in [5, 5.41) is 4.68. The Balaban J connectivity index is 2.62. The van der Waals surface area contributed by atoms with E-state index in [0.717, 1.165) is 0 Å². The van der Waals surface area contributed by atoms with Gasteiger partial charge in [-0.15, -0.1) is 0 Å². The predicted molar refractivity (Wildman–Crippen MR) is 59.5 cm³/mol. The third-order valence-corrected chi connectivity index (χ3v) is 1.92. The molecule has 86 valence electrons. The van der Waals surface area contributed by atoms with Crippen LogP contribution in [0.3, 0.4) is 0 Å². The summed E-state index contributed by atoms with van der Waals surface area (Å²) in [6, 6.07) is 6.00. The summed E-state index contributed by atoms with van der Waals surface area (Å²) in [5.74, 6) is 0.225. The summed E-state index contributed by atoms with van der Waals surface area (Å²) in [6.07, 6.45) is 0. The number of benzene rings is 1. The highest BCUT2D eigenvalue weighted by Crippen LogP contribution is 2.10. The number of carbonyl (C=O) groups is 2. The van der Waals surface area contributed by atoms with Gasteiger partial charge in [0.15, 0.2) is 0 Å². The third kappa shape index (κ3) is 3.27. The first-order valence-electron chi connectivity index (χ1n) is 4.90. The molecule has 0 unspecified atom stereocenters. The maximum absolute atomic E-state index is 11.5.